The average Bonchev–Trinajstić information content (AvgIpc) is 2.64. The van der Waals surface area contributed by atoms with Crippen LogP contribution < -0.4 is 15.0 Å². The standard InChI is InChI=1S/C18H19F3N4O2/c19-18(20,21)27-16-4-2-1-3-14(16)12-24-7-9-25(10-8-24)17-6-5-15(11-22-17)23-13-26/h1-6,11,13H,7-10,12H2,(H,23,26). The third-order valence-electron chi connectivity index (χ3n) is 4.26. The summed E-state index contributed by atoms with van der Waals surface area (Å²) in [5.74, 6) is 0.638. The highest BCUT2D eigenvalue weighted by Gasteiger charge is 2.32. The molecular weight excluding hydrogens is 361 g/mol. The number of aromatic nitrogens is 1. The van der Waals surface area contributed by atoms with Gasteiger partial charge in [0.15, 0.2) is 0 Å². The number of piperazine rings is 1. The Bertz CT molecular complexity index is 760. The van der Waals surface area contributed by atoms with Gasteiger partial charge in [0.05, 0.1) is 11.9 Å². The molecule has 9 heteroatoms. The van der Waals surface area contributed by atoms with E-state index in [4.69, 9.17) is 0 Å². The first-order valence-corrected chi connectivity index (χ1v) is 8.42. The Hall–Kier alpha value is -2.81. The SMILES string of the molecule is O=CNc1ccc(N2CCN(Cc3ccccc3OC(F)(F)F)CC2)nc1. The molecule has 0 saturated carbocycles. The van der Waals surface area contributed by atoms with Gasteiger partial charge in [0.25, 0.3) is 0 Å². The molecule has 3 rings (SSSR count). The van der Waals surface area contributed by atoms with Crippen LogP contribution in [0.2, 0.25) is 0 Å². The molecule has 1 aliphatic rings. The monoisotopic (exact) mass is 380 g/mol. The number of halogens is 3. The first kappa shape index (κ1) is 19.0. The van der Waals surface area contributed by atoms with Crippen LogP contribution in [-0.4, -0.2) is 48.8 Å². The van der Waals surface area contributed by atoms with Crippen molar-refractivity contribution >= 4 is 17.9 Å². The van der Waals surface area contributed by atoms with Crippen molar-refractivity contribution in [2.24, 2.45) is 0 Å². The Morgan fingerprint density at radius 2 is 1.85 bits per heavy atom. The van der Waals surface area contributed by atoms with Crippen LogP contribution in [0.1, 0.15) is 5.56 Å². The van der Waals surface area contributed by atoms with E-state index in [-0.39, 0.29) is 5.75 Å². The van der Waals surface area contributed by atoms with Crippen molar-refractivity contribution in [3.8, 4) is 5.75 Å². The number of amides is 1. The molecule has 1 fully saturated rings. The van der Waals surface area contributed by atoms with E-state index in [1.54, 1.807) is 24.4 Å². The molecule has 0 aliphatic carbocycles. The molecule has 0 bridgehead atoms. The number of carbonyl (C=O) groups is 1. The second kappa shape index (κ2) is 8.26. The molecule has 2 aromatic rings. The fourth-order valence-corrected chi connectivity index (χ4v) is 2.96. The van der Waals surface area contributed by atoms with Crippen molar-refractivity contribution < 1.29 is 22.7 Å². The molecule has 27 heavy (non-hydrogen) atoms. The number of ether oxygens (including phenoxy) is 1. The molecule has 2 heterocycles. The van der Waals surface area contributed by atoms with Crippen LogP contribution in [0.4, 0.5) is 24.7 Å². The molecule has 0 unspecified atom stereocenters. The van der Waals surface area contributed by atoms with Gasteiger partial charge in [0, 0.05) is 38.3 Å². The van der Waals surface area contributed by atoms with E-state index in [0.29, 0.717) is 50.4 Å². The quantitative estimate of drug-likeness (QED) is 0.781. The van der Waals surface area contributed by atoms with Gasteiger partial charge in [-0.25, -0.2) is 4.98 Å². The maximum absolute atomic E-state index is 12.5. The van der Waals surface area contributed by atoms with Crippen LogP contribution in [0, 0.1) is 0 Å². The lowest BCUT2D eigenvalue weighted by Gasteiger charge is -2.35. The van der Waals surface area contributed by atoms with E-state index in [0.717, 1.165) is 5.82 Å². The molecule has 0 radical (unpaired) electrons. The number of para-hydroxylation sites is 1. The van der Waals surface area contributed by atoms with Gasteiger partial charge < -0.3 is 15.0 Å². The number of carbonyl (C=O) groups excluding carboxylic acids is 1. The van der Waals surface area contributed by atoms with E-state index >= 15 is 0 Å². The third kappa shape index (κ3) is 5.33. The van der Waals surface area contributed by atoms with Crippen molar-refractivity contribution in [2.45, 2.75) is 12.9 Å². The summed E-state index contributed by atoms with van der Waals surface area (Å²) in [5, 5.41) is 2.53. The summed E-state index contributed by atoms with van der Waals surface area (Å²) in [6.45, 7) is 3.17. The van der Waals surface area contributed by atoms with Crippen molar-refractivity contribution in [2.75, 3.05) is 36.4 Å². The summed E-state index contributed by atoms with van der Waals surface area (Å²) in [4.78, 5) is 18.9. The summed E-state index contributed by atoms with van der Waals surface area (Å²) in [6.07, 6.45) is -2.53. The first-order valence-electron chi connectivity index (χ1n) is 8.42. The number of pyridine rings is 1. The number of hydrogen-bond acceptors (Lipinski definition) is 5. The topological polar surface area (TPSA) is 57.7 Å². The zero-order valence-electron chi connectivity index (χ0n) is 14.4. The average molecular weight is 380 g/mol. The normalized spacial score (nSPS) is 15.4. The van der Waals surface area contributed by atoms with Crippen LogP contribution in [0.5, 0.6) is 5.75 Å². The highest BCUT2D eigenvalue weighted by Crippen LogP contribution is 2.27. The summed E-state index contributed by atoms with van der Waals surface area (Å²) in [6, 6.07) is 9.80. The number of anilines is 2. The minimum absolute atomic E-state index is 0.160. The Morgan fingerprint density at radius 3 is 2.48 bits per heavy atom. The van der Waals surface area contributed by atoms with Gasteiger partial charge in [-0.15, -0.1) is 13.2 Å². The molecule has 1 amide bonds. The molecule has 0 spiro atoms. The highest BCUT2D eigenvalue weighted by atomic mass is 19.4. The van der Waals surface area contributed by atoms with Gasteiger partial charge in [0.1, 0.15) is 11.6 Å². The maximum atomic E-state index is 12.5. The van der Waals surface area contributed by atoms with Gasteiger partial charge >= 0.3 is 6.36 Å². The zero-order valence-corrected chi connectivity index (χ0v) is 14.4. The second-order valence-corrected chi connectivity index (χ2v) is 6.09. The summed E-state index contributed by atoms with van der Waals surface area (Å²) >= 11 is 0. The van der Waals surface area contributed by atoms with E-state index in [1.807, 2.05) is 6.07 Å². The summed E-state index contributed by atoms with van der Waals surface area (Å²) in [7, 11) is 0. The van der Waals surface area contributed by atoms with Crippen LogP contribution in [0.25, 0.3) is 0 Å². The third-order valence-corrected chi connectivity index (χ3v) is 4.26. The smallest absolute Gasteiger partial charge is 0.405 e. The summed E-state index contributed by atoms with van der Waals surface area (Å²) < 4.78 is 41.7. The largest absolute Gasteiger partial charge is 0.573 e. The van der Waals surface area contributed by atoms with Gasteiger partial charge in [-0.3, -0.25) is 9.69 Å². The predicted molar refractivity (Wildman–Crippen MR) is 94.5 cm³/mol. The molecule has 6 nitrogen and oxygen atoms in total. The minimum atomic E-state index is -4.70. The molecule has 144 valence electrons. The Morgan fingerprint density at radius 1 is 1.11 bits per heavy atom. The molecule has 1 N–H and O–H groups in total. The lowest BCUT2D eigenvalue weighted by atomic mass is 10.1. The molecular formula is C18H19F3N4O2. The second-order valence-electron chi connectivity index (χ2n) is 6.09. The Balaban J connectivity index is 1.58. The van der Waals surface area contributed by atoms with Crippen molar-refractivity contribution in [1.82, 2.24) is 9.88 Å². The zero-order chi connectivity index (χ0) is 19.3. The van der Waals surface area contributed by atoms with Crippen molar-refractivity contribution in [3.05, 3.63) is 48.2 Å². The van der Waals surface area contributed by atoms with E-state index in [2.05, 4.69) is 24.8 Å². The number of hydrogen-bond donors (Lipinski definition) is 1. The van der Waals surface area contributed by atoms with Crippen molar-refractivity contribution in [3.63, 3.8) is 0 Å². The van der Waals surface area contributed by atoms with Gasteiger partial charge in [-0.2, -0.15) is 0 Å². The lowest BCUT2D eigenvalue weighted by Crippen LogP contribution is -2.46. The number of alkyl halides is 3. The minimum Gasteiger partial charge on any atom is -0.405 e. The molecule has 1 saturated heterocycles. The fraction of sp³-hybridized carbons (Fsp3) is 0.333. The highest BCUT2D eigenvalue weighted by molar-refractivity contribution is 5.71. The van der Waals surface area contributed by atoms with Gasteiger partial charge in [0.2, 0.25) is 6.41 Å². The Labute approximate surface area is 154 Å². The molecule has 1 aromatic heterocycles. The number of benzene rings is 1. The van der Waals surface area contributed by atoms with E-state index in [1.165, 1.54) is 12.1 Å². The molecule has 0 atom stereocenters. The van der Waals surface area contributed by atoms with Crippen molar-refractivity contribution in [1.29, 1.82) is 0 Å². The summed E-state index contributed by atoms with van der Waals surface area (Å²) in [5.41, 5.74) is 1.12. The van der Waals surface area contributed by atoms with Crippen LogP contribution in [0.3, 0.4) is 0 Å². The van der Waals surface area contributed by atoms with Gasteiger partial charge in [-0.05, 0) is 18.2 Å². The van der Waals surface area contributed by atoms with Crippen LogP contribution in [0.15, 0.2) is 42.6 Å². The van der Waals surface area contributed by atoms with E-state index < -0.39 is 6.36 Å². The molecule has 1 aromatic carbocycles. The fourth-order valence-electron chi connectivity index (χ4n) is 2.96. The number of nitrogens with zero attached hydrogens (tertiary/aromatic N) is 3. The first-order chi connectivity index (χ1) is 12.9. The molecule has 1 aliphatic heterocycles. The number of nitrogens with one attached hydrogen (secondary N) is 1. The lowest BCUT2D eigenvalue weighted by molar-refractivity contribution is -0.275. The van der Waals surface area contributed by atoms with Crippen LogP contribution >= 0.6 is 0 Å². The Kier molecular flexibility index (Phi) is 5.80. The van der Waals surface area contributed by atoms with Crippen LogP contribution in [-0.2, 0) is 11.3 Å². The number of rotatable bonds is 6. The van der Waals surface area contributed by atoms with Gasteiger partial charge in [-0.1, -0.05) is 18.2 Å². The maximum Gasteiger partial charge on any atom is 0.573 e. The predicted octanol–water partition coefficient (Wildman–Crippen LogP) is 2.87. The van der Waals surface area contributed by atoms with E-state index in [9.17, 15) is 18.0 Å².